The Labute approximate surface area is 187 Å². The van der Waals surface area contributed by atoms with E-state index in [1.807, 2.05) is 12.1 Å². The van der Waals surface area contributed by atoms with Gasteiger partial charge in [-0.2, -0.15) is 0 Å². The number of benzene rings is 3. The number of nitrogens with one attached hydrogen (secondary N) is 2. The number of hydrogen-bond acceptors (Lipinski definition) is 7. The van der Waals surface area contributed by atoms with Crippen LogP contribution < -0.4 is 10.6 Å². The van der Waals surface area contributed by atoms with Crippen LogP contribution in [0.25, 0.3) is 0 Å². The number of ether oxygens (including phenoxy) is 2. The lowest BCUT2D eigenvalue weighted by atomic mass is 9.94. The molecule has 1 unspecified atom stereocenters. The second-order valence-electron chi connectivity index (χ2n) is 7.51. The van der Waals surface area contributed by atoms with Gasteiger partial charge in [-0.1, -0.05) is 42.5 Å². The minimum atomic E-state index is -0.780. The van der Waals surface area contributed by atoms with E-state index >= 15 is 0 Å². The van der Waals surface area contributed by atoms with Crippen LogP contribution in [0.4, 0.5) is 20.6 Å². The molecular formula is C25H17FN2O5. The number of para-hydroxylation sites is 2. The number of fused-ring (bicyclic) bond motifs is 1. The number of cyclic esters (lactones) is 2. The molecule has 0 bridgehead atoms. The summed E-state index contributed by atoms with van der Waals surface area (Å²) in [6.45, 7) is 0.0328. The monoisotopic (exact) mass is 444 g/mol. The van der Waals surface area contributed by atoms with Crippen molar-refractivity contribution >= 4 is 29.1 Å². The summed E-state index contributed by atoms with van der Waals surface area (Å²) in [5.41, 5.74) is 2.04. The SMILES string of the molecule is O=C1OCC(c2cccc(C(=O)C(C(=O)c3cccc(F)c3)=C3Nc4ccccc4N3)c2)O1. The van der Waals surface area contributed by atoms with Crippen LogP contribution in [-0.2, 0) is 9.47 Å². The van der Waals surface area contributed by atoms with Crippen molar-refractivity contribution in [3.05, 3.63) is 107 Å². The maximum atomic E-state index is 13.8. The highest BCUT2D eigenvalue weighted by molar-refractivity contribution is 6.32. The lowest BCUT2D eigenvalue weighted by molar-refractivity contribution is 0.0960. The number of halogens is 1. The zero-order valence-electron chi connectivity index (χ0n) is 17.1. The van der Waals surface area contributed by atoms with Crippen LogP contribution in [0.2, 0.25) is 0 Å². The van der Waals surface area contributed by atoms with E-state index in [9.17, 15) is 18.8 Å². The minimum Gasteiger partial charge on any atom is -0.430 e. The van der Waals surface area contributed by atoms with Crippen molar-refractivity contribution in [2.24, 2.45) is 0 Å². The fraction of sp³-hybridized carbons (Fsp3) is 0.0800. The number of carbonyl (C=O) groups excluding carboxylic acids is 3. The van der Waals surface area contributed by atoms with E-state index in [2.05, 4.69) is 10.6 Å². The summed E-state index contributed by atoms with van der Waals surface area (Å²) < 4.78 is 23.8. The van der Waals surface area contributed by atoms with Crippen molar-refractivity contribution in [2.75, 3.05) is 17.2 Å². The minimum absolute atomic E-state index is 0.0328. The molecule has 0 saturated carbocycles. The van der Waals surface area contributed by atoms with Crippen molar-refractivity contribution in [2.45, 2.75) is 6.10 Å². The zero-order valence-corrected chi connectivity index (χ0v) is 17.1. The Bertz CT molecular complexity index is 1310. The molecule has 33 heavy (non-hydrogen) atoms. The summed E-state index contributed by atoms with van der Waals surface area (Å²) >= 11 is 0. The van der Waals surface area contributed by atoms with Gasteiger partial charge in [0.2, 0.25) is 11.6 Å². The predicted octanol–water partition coefficient (Wildman–Crippen LogP) is 4.85. The molecular weight excluding hydrogens is 427 g/mol. The van der Waals surface area contributed by atoms with Gasteiger partial charge in [-0.3, -0.25) is 9.59 Å². The normalized spacial score (nSPS) is 16.2. The smallest absolute Gasteiger partial charge is 0.430 e. The van der Waals surface area contributed by atoms with E-state index < -0.39 is 29.6 Å². The molecule has 0 aromatic heterocycles. The van der Waals surface area contributed by atoms with Gasteiger partial charge in [0.05, 0.1) is 11.4 Å². The van der Waals surface area contributed by atoms with Crippen LogP contribution in [-0.4, -0.2) is 24.3 Å². The number of hydrogen-bond donors (Lipinski definition) is 2. The third-order valence-corrected chi connectivity index (χ3v) is 5.35. The molecule has 2 heterocycles. The third kappa shape index (κ3) is 3.94. The molecule has 1 saturated heterocycles. The van der Waals surface area contributed by atoms with Crippen LogP contribution in [0.3, 0.4) is 0 Å². The molecule has 0 aliphatic carbocycles. The molecule has 0 radical (unpaired) electrons. The fourth-order valence-electron chi connectivity index (χ4n) is 3.75. The number of anilines is 2. The largest absolute Gasteiger partial charge is 0.509 e. The van der Waals surface area contributed by atoms with Gasteiger partial charge in [-0.15, -0.1) is 0 Å². The molecule has 0 spiro atoms. The van der Waals surface area contributed by atoms with E-state index in [4.69, 9.17) is 9.47 Å². The van der Waals surface area contributed by atoms with E-state index in [0.29, 0.717) is 16.9 Å². The van der Waals surface area contributed by atoms with Crippen molar-refractivity contribution < 1.29 is 28.2 Å². The van der Waals surface area contributed by atoms with E-state index in [-0.39, 0.29) is 29.1 Å². The molecule has 164 valence electrons. The van der Waals surface area contributed by atoms with Gasteiger partial charge in [0.1, 0.15) is 23.8 Å². The Balaban J connectivity index is 1.57. The van der Waals surface area contributed by atoms with Crippen LogP contribution in [0, 0.1) is 5.82 Å². The van der Waals surface area contributed by atoms with Crippen LogP contribution >= 0.6 is 0 Å². The summed E-state index contributed by atoms with van der Waals surface area (Å²) in [5, 5.41) is 6.14. The fourth-order valence-corrected chi connectivity index (χ4v) is 3.75. The summed E-state index contributed by atoms with van der Waals surface area (Å²) in [7, 11) is 0. The summed E-state index contributed by atoms with van der Waals surface area (Å²) in [5.74, 6) is -1.59. The molecule has 3 aromatic carbocycles. The van der Waals surface area contributed by atoms with Gasteiger partial charge in [0.25, 0.3) is 0 Å². The first-order valence-electron chi connectivity index (χ1n) is 10.2. The summed E-state index contributed by atoms with van der Waals surface area (Å²) in [6.07, 6.45) is -1.43. The Hall–Kier alpha value is -4.46. The molecule has 8 heteroatoms. The van der Waals surface area contributed by atoms with Crippen LogP contribution in [0.15, 0.2) is 84.2 Å². The number of rotatable bonds is 5. The summed E-state index contributed by atoms with van der Waals surface area (Å²) in [4.78, 5) is 38.3. The molecule has 2 aliphatic heterocycles. The van der Waals surface area contributed by atoms with Gasteiger partial charge in [-0.05, 0) is 35.9 Å². The van der Waals surface area contributed by atoms with E-state index in [0.717, 1.165) is 6.07 Å². The Morgan fingerprint density at radius 3 is 2.09 bits per heavy atom. The maximum Gasteiger partial charge on any atom is 0.509 e. The third-order valence-electron chi connectivity index (χ3n) is 5.35. The zero-order chi connectivity index (χ0) is 22.9. The molecule has 0 amide bonds. The van der Waals surface area contributed by atoms with E-state index in [1.54, 1.807) is 36.4 Å². The first-order valence-corrected chi connectivity index (χ1v) is 10.2. The number of carbonyl (C=O) groups is 3. The highest BCUT2D eigenvalue weighted by Gasteiger charge is 2.31. The molecule has 3 aromatic rings. The Morgan fingerprint density at radius 1 is 0.848 bits per heavy atom. The van der Waals surface area contributed by atoms with Crippen molar-refractivity contribution in [1.82, 2.24) is 0 Å². The Kier molecular flexibility index (Phi) is 5.10. The Morgan fingerprint density at radius 2 is 1.48 bits per heavy atom. The predicted molar refractivity (Wildman–Crippen MR) is 117 cm³/mol. The van der Waals surface area contributed by atoms with Crippen molar-refractivity contribution in [3.8, 4) is 0 Å². The lowest BCUT2D eigenvalue weighted by Gasteiger charge is -2.13. The second kappa shape index (κ2) is 8.23. The molecule has 1 fully saturated rings. The first kappa shape index (κ1) is 20.4. The first-order chi connectivity index (χ1) is 16.0. The molecule has 5 rings (SSSR count). The maximum absolute atomic E-state index is 13.8. The van der Waals surface area contributed by atoms with Crippen LogP contribution in [0.5, 0.6) is 0 Å². The lowest BCUT2D eigenvalue weighted by Crippen LogP contribution is -2.21. The molecule has 2 N–H and O–H groups in total. The number of ketones is 2. The highest BCUT2D eigenvalue weighted by Crippen LogP contribution is 2.33. The van der Waals surface area contributed by atoms with E-state index in [1.165, 1.54) is 18.2 Å². The quantitative estimate of drug-likeness (QED) is 0.191. The van der Waals surface area contributed by atoms with Gasteiger partial charge in [-0.25, -0.2) is 9.18 Å². The number of allylic oxidation sites excluding steroid dienone is 1. The summed E-state index contributed by atoms with van der Waals surface area (Å²) in [6, 6.07) is 18.9. The molecule has 1 atom stereocenters. The molecule has 2 aliphatic rings. The van der Waals surface area contributed by atoms with Gasteiger partial charge in [0.15, 0.2) is 6.10 Å². The van der Waals surface area contributed by atoms with Gasteiger partial charge >= 0.3 is 6.16 Å². The van der Waals surface area contributed by atoms with Crippen molar-refractivity contribution in [3.63, 3.8) is 0 Å². The van der Waals surface area contributed by atoms with Gasteiger partial charge in [0, 0.05) is 11.1 Å². The number of Topliss-reactive ketones (excluding diaryl/α,β-unsaturated/α-hetero) is 2. The van der Waals surface area contributed by atoms with Crippen LogP contribution in [0.1, 0.15) is 32.4 Å². The average molecular weight is 444 g/mol. The average Bonchev–Trinajstić information content (AvgIpc) is 3.45. The van der Waals surface area contributed by atoms with Crippen molar-refractivity contribution in [1.29, 1.82) is 0 Å². The van der Waals surface area contributed by atoms with Gasteiger partial charge < -0.3 is 20.1 Å². The standard InChI is InChI=1S/C25H17FN2O5/c26-17-8-4-7-16(12-17)23(30)21(24-27-18-9-1-2-10-19(18)28-24)22(29)15-6-3-5-14(11-15)20-13-32-25(31)33-20/h1-12,20,27-28H,13H2. The molecule has 7 nitrogen and oxygen atoms in total. The topological polar surface area (TPSA) is 93.7 Å². The highest BCUT2D eigenvalue weighted by atomic mass is 19.1. The second-order valence-corrected chi connectivity index (χ2v) is 7.51.